The summed E-state index contributed by atoms with van der Waals surface area (Å²) in [5, 5.41) is 0.653. The average Bonchev–Trinajstić information content (AvgIpc) is 2.96. The van der Waals surface area contributed by atoms with Gasteiger partial charge in [-0.05, 0) is 80.4 Å². The van der Waals surface area contributed by atoms with Crippen molar-refractivity contribution in [3.63, 3.8) is 0 Å². The summed E-state index contributed by atoms with van der Waals surface area (Å²) in [5.74, 6) is 0.134. The number of para-hydroxylation sites is 1. The van der Waals surface area contributed by atoms with Crippen molar-refractivity contribution in [1.82, 2.24) is 4.90 Å². The third-order valence-electron chi connectivity index (χ3n) is 7.13. The molecule has 0 aliphatic carbocycles. The molecule has 40 heavy (non-hydrogen) atoms. The lowest BCUT2D eigenvalue weighted by atomic mass is 10.0. The Morgan fingerprint density at radius 1 is 0.900 bits per heavy atom. The normalized spacial score (nSPS) is 14.2. The van der Waals surface area contributed by atoms with Crippen LogP contribution in [0.1, 0.15) is 73.9 Å². The summed E-state index contributed by atoms with van der Waals surface area (Å²) in [6.45, 7) is 8.09. The van der Waals surface area contributed by atoms with Crippen molar-refractivity contribution in [3.8, 4) is 0 Å². The zero-order valence-electron chi connectivity index (χ0n) is 23.6. The smallest absolute Gasteiger partial charge is 0.265 e. The molecule has 3 aromatic carbocycles. The number of carbonyl (C=O) groups is 2. The van der Waals surface area contributed by atoms with E-state index in [1.807, 2.05) is 83.8 Å². The van der Waals surface area contributed by atoms with Crippen molar-refractivity contribution < 1.29 is 9.59 Å². The molecule has 1 heterocycles. The van der Waals surface area contributed by atoms with E-state index in [1.54, 1.807) is 0 Å². The first-order valence-corrected chi connectivity index (χ1v) is 15.6. The van der Waals surface area contributed by atoms with Gasteiger partial charge in [-0.2, -0.15) is 0 Å². The fourth-order valence-electron chi connectivity index (χ4n) is 4.86. The van der Waals surface area contributed by atoms with E-state index in [0.717, 1.165) is 53.3 Å². The molecule has 0 N–H and O–H groups in total. The lowest BCUT2D eigenvalue weighted by molar-refractivity contribution is -0.114. The van der Waals surface area contributed by atoms with E-state index in [-0.39, 0.29) is 11.7 Å². The van der Waals surface area contributed by atoms with Gasteiger partial charge in [0.2, 0.25) is 0 Å². The van der Waals surface area contributed by atoms with E-state index >= 15 is 0 Å². The third-order valence-corrected chi connectivity index (χ3v) is 8.44. The fraction of sp³-hybridized carbons (Fsp3) is 0.353. The molecular formula is C34H39ClN2O2S. The van der Waals surface area contributed by atoms with Gasteiger partial charge in [-0.25, -0.2) is 0 Å². The Hall–Kier alpha value is -2.86. The van der Waals surface area contributed by atoms with Crippen LogP contribution in [-0.4, -0.2) is 36.2 Å². The van der Waals surface area contributed by atoms with E-state index in [2.05, 4.69) is 18.7 Å². The maximum atomic E-state index is 13.6. The SMILES string of the molecule is CCCCN(CCCC)CCCC(=O)c1ccc(/C=C2/Sc3ccccc3N(Cc3cccc(Cl)c3)C2=O)cc1. The lowest BCUT2D eigenvalue weighted by Crippen LogP contribution is -2.33. The van der Waals surface area contributed by atoms with Gasteiger partial charge >= 0.3 is 0 Å². The number of ketones is 1. The molecule has 1 aliphatic heterocycles. The van der Waals surface area contributed by atoms with Crippen molar-refractivity contribution in [2.75, 3.05) is 24.5 Å². The number of carbonyl (C=O) groups excluding carboxylic acids is 2. The first-order chi connectivity index (χ1) is 19.5. The molecule has 4 rings (SSSR count). The molecule has 1 amide bonds. The number of thioether (sulfide) groups is 1. The van der Waals surface area contributed by atoms with Crippen molar-refractivity contribution >= 4 is 46.8 Å². The minimum atomic E-state index is -0.0421. The van der Waals surface area contributed by atoms with Crippen LogP contribution >= 0.6 is 23.4 Å². The van der Waals surface area contributed by atoms with Crippen LogP contribution in [0, 0.1) is 0 Å². The molecule has 6 heteroatoms. The number of anilines is 1. The van der Waals surface area contributed by atoms with Crippen LogP contribution in [0.3, 0.4) is 0 Å². The van der Waals surface area contributed by atoms with Crippen LogP contribution in [0.15, 0.2) is 82.6 Å². The quantitative estimate of drug-likeness (QED) is 0.142. The Morgan fingerprint density at radius 2 is 1.60 bits per heavy atom. The molecular weight excluding hydrogens is 536 g/mol. The maximum absolute atomic E-state index is 13.6. The van der Waals surface area contributed by atoms with Crippen LogP contribution in [0.5, 0.6) is 0 Å². The summed E-state index contributed by atoms with van der Waals surface area (Å²) in [5.41, 5.74) is 3.51. The molecule has 0 bridgehead atoms. The molecule has 0 aromatic heterocycles. The van der Waals surface area contributed by atoms with Gasteiger partial charge in [-0.15, -0.1) is 0 Å². The third kappa shape index (κ3) is 8.33. The molecule has 0 spiro atoms. The Balaban J connectivity index is 1.42. The number of hydrogen-bond donors (Lipinski definition) is 0. The zero-order valence-corrected chi connectivity index (χ0v) is 25.1. The number of nitrogens with zero attached hydrogens (tertiary/aromatic N) is 2. The summed E-state index contributed by atoms with van der Waals surface area (Å²) >= 11 is 7.69. The second kappa shape index (κ2) is 15.2. The maximum Gasteiger partial charge on any atom is 0.265 e. The molecule has 210 valence electrons. The highest BCUT2D eigenvalue weighted by molar-refractivity contribution is 8.04. The highest BCUT2D eigenvalue weighted by Crippen LogP contribution is 2.42. The zero-order chi connectivity index (χ0) is 28.3. The van der Waals surface area contributed by atoms with Crippen LogP contribution in [0.2, 0.25) is 5.02 Å². The van der Waals surface area contributed by atoms with Crippen molar-refractivity contribution in [1.29, 1.82) is 0 Å². The number of Topliss-reactive ketones (excluding diaryl/α,β-unsaturated/α-hetero) is 1. The van der Waals surface area contributed by atoms with Gasteiger partial charge < -0.3 is 9.80 Å². The van der Waals surface area contributed by atoms with Gasteiger partial charge in [-0.3, -0.25) is 9.59 Å². The number of fused-ring (bicyclic) bond motifs is 1. The number of unbranched alkanes of at least 4 members (excludes halogenated alkanes) is 2. The van der Waals surface area contributed by atoms with Crippen LogP contribution in [-0.2, 0) is 11.3 Å². The number of amides is 1. The summed E-state index contributed by atoms with van der Waals surface area (Å²) in [6, 6.07) is 23.2. The van der Waals surface area contributed by atoms with Crippen LogP contribution < -0.4 is 4.90 Å². The molecule has 0 atom stereocenters. The predicted octanol–water partition coefficient (Wildman–Crippen LogP) is 8.89. The largest absolute Gasteiger partial charge is 0.303 e. The van der Waals surface area contributed by atoms with Gasteiger partial charge in [0, 0.05) is 21.9 Å². The minimum absolute atomic E-state index is 0.0421. The van der Waals surface area contributed by atoms with E-state index in [1.165, 1.54) is 37.4 Å². The Morgan fingerprint density at radius 3 is 2.30 bits per heavy atom. The Kier molecular flexibility index (Phi) is 11.5. The molecule has 0 unspecified atom stereocenters. The summed E-state index contributed by atoms with van der Waals surface area (Å²) in [6.07, 6.45) is 8.16. The number of hydrogen-bond acceptors (Lipinski definition) is 4. The Labute approximate surface area is 248 Å². The molecule has 0 saturated heterocycles. The van der Waals surface area contributed by atoms with Crippen molar-refractivity contribution in [2.24, 2.45) is 0 Å². The number of halogens is 1. The van der Waals surface area contributed by atoms with E-state index in [0.29, 0.717) is 22.9 Å². The molecule has 0 saturated carbocycles. The molecule has 0 fully saturated rings. The van der Waals surface area contributed by atoms with Gasteiger partial charge in [0.25, 0.3) is 5.91 Å². The highest BCUT2D eigenvalue weighted by atomic mass is 35.5. The summed E-state index contributed by atoms with van der Waals surface area (Å²) in [7, 11) is 0. The molecule has 4 nitrogen and oxygen atoms in total. The molecule has 1 aliphatic rings. The van der Waals surface area contributed by atoms with E-state index in [9.17, 15) is 9.59 Å². The standard InChI is InChI=1S/C34H39ClN2O2S/c1-3-5-20-36(21-6-4-2)22-10-14-31(38)28-18-16-26(17-19-28)24-33-34(39)37(25-27-11-9-12-29(35)23-27)30-13-7-8-15-32(30)40-33/h7-9,11-13,15-19,23-24H,3-6,10,14,20-22,25H2,1-2H3/b33-24+. The lowest BCUT2D eigenvalue weighted by Gasteiger charge is -2.30. The van der Waals surface area contributed by atoms with Gasteiger partial charge in [-0.1, -0.05) is 98.6 Å². The topological polar surface area (TPSA) is 40.6 Å². The monoisotopic (exact) mass is 574 g/mol. The average molecular weight is 575 g/mol. The summed E-state index contributed by atoms with van der Waals surface area (Å²) in [4.78, 5) is 32.5. The molecule has 0 radical (unpaired) electrons. The Bertz CT molecular complexity index is 1310. The second-order valence-corrected chi connectivity index (χ2v) is 11.8. The number of rotatable bonds is 14. The van der Waals surface area contributed by atoms with E-state index < -0.39 is 0 Å². The second-order valence-electron chi connectivity index (χ2n) is 10.3. The van der Waals surface area contributed by atoms with Gasteiger partial charge in [0.15, 0.2) is 5.78 Å². The van der Waals surface area contributed by atoms with Crippen molar-refractivity contribution in [3.05, 3.63) is 99.4 Å². The first kappa shape index (κ1) is 30.1. The minimum Gasteiger partial charge on any atom is -0.303 e. The summed E-state index contributed by atoms with van der Waals surface area (Å²) < 4.78 is 0. The fourth-order valence-corrected chi connectivity index (χ4v) is 6.13. The highest BCUT2D eigenvalue weighted by Gasteiger charge is 2.29. The van der Waals surface area contributed by atoms with Gasteiger partial charge in [0.1, 0.15) is 0 Å². The number of benzene rings is 3. The predicted molar refractivity (Wildman–Crippen MR) is 169 cm³/mol. The first-order valence-electron chi connectivity index (χ1n) is 14.4. The van der Waals surface area contributed by atoms with E-state index in [4.69, 9.17) is 11.6 Å². The van der Waals surface area contributed by atoms with Crippen molar-refractivity contribution in [2.45, 2.75) is 63.8 Å². The van der Waals surface area contributed by atoms with Crippen LogP contribution in [0.25, 0.3) is 6.08 Å². The van der Waals surface area contributed by atoms with Crippen LogP contribution in [0.4, 0.5) is 5.69 Å². The molecule has 3 aromatic rings. The van der Waals surface area contributed by atoms with Gasteiger partial charge in [0.05, 0.1) is 17.1 Å².